The van der Waals surface area contributed by atoms with Gasteiger partial charge in [-0.2, -0.15) is 0 Å². The first-order valence-electron chi connectivity index (χ1n) is 7.72. The summed E-state index contributed by atoms with van der Waals surface area (Å²) >= 11 is 0. The van der Waals surface area contributed by atoms with E-state index in [0.29, 0.717) is 12.3 Å². The van der Waals surface area contributed by atoms with E-state index in [-0.39, 0.29) is 11.9 Å². The summed E-state index contributed by atoms with van der Waals surface area (Å²) in [5, 5.41) is 12.5. The largest absolute Gasteiger partial charge is 0.508 e. The molecule has 4 heteroatoms. The zero-order chi connectivity index (χ0) is 15.7. The highest BCUT2D eigenvalue weighted by Gasteiger charge is 2.32. The second-order valence-corrected chi connectivity index (χ2v) is 6.15. The van der Waals surface area contributed by atoms with E-state index in [2.05, 4.69) is 4.90 Å². The van der Waals surface area contributed by atoms with E-state index in [1.165, 1.54) is 0 Å². The summed E-state index contributed by atoms with van der Waals surface area (Å²) in [5.41, 5.74) is 0.913. The summed E-state index contributed by atoms with van der Waals surface area (Å²) in [6, 6.07) is 11.7. The van der Waals surface area contributed by atoms with Gasteiger partial charge in [-0.25, -0.2) is 0 Å². The number of nitrogens with zero attached hydrogens (tertiary/aromatic N) is 2. The molecule has 1 heterocycles. The number of rotatable bonds is 3. The molecule has 4 nitrogen and oxygen atoms in total. The topological polar surface area (TPSA) is 43.8 Å². The van der Waals surface area contributed by atoms with Crippen molar-refractivity contribution in [2.24, 2.45) is 0 Å². The van der Waals surface area contributed by atoms with Gasteiger partial charge in [0.05, 0.1) is 6.04 Å². The van der Waals surface area contributed by atoms with Gasteiger partial charge in [0.2, 0.25) is 5.91 Å². The number of likely N-dealkylation sites (tertiary alicyclic amines) is 1. The van der Waals surface area contributed by atoms with Gasteiger partial charge < -0.3 is 10.0 Å². The fourth-order valence-electron chi connectivity index (χ4n) is 3.29. The van der Waals surface area contributed by atoms with Crippen LogP contribution in [0.3, 0.4) is 0 Å². The van der Waals surface area contributed by atoms with Crippen LogP contribution in [0, 0.1) is 0 Å². The molecule has 0 radical (unpaired) electrons. The molecule has 3 rings (SSSR count). The highest BCUT2D eigenvalue weighted by molar-refractivity contribution is 5.88. The summed E-state index contributed by atoms with van der Waals surface area (Å²) < 4.78 is 0. The first-order valence-corrected chi connectivity index (χ1v) is 7.72. The van der Waals surface area contributed by atoms with Crippen LogP contribution in [0.1, 0.15) is 18.4 Å². The maximum Gasteiger partial charge on any atom is 0.239 e. The Hall–Kier alpha value is -2.07. The van der Waals surface area contributed by atoms with Crippen molar-refractivity contribution in [3.05, 3.63) is 42.0 Å². The van der Waals surface area contributed by atoms with E-state index in [1.807, 2.05) is 30.3 Å². The number of phenols is 1. The molecule has 1 fully saturated rings. The fourth-order valence-corrected chi connectivity index (χ4v) is 3.29. The van der Waals surface area contributed by atoms with Crippen LogP contribution in [0.2, 0.25) is 0 Å². The lowest BCUT2D eigenvalue weighted by atomic mass is 10.0. The summed E-state index contributed by atoms with van der Waals surface area (Å²) in [4.78, 5) is 16.2. The first kappa shape index (κ1) is 14.9. The molecule has 0 aliphatic carbocycles. The van der Waals surface area contributed by atoms with E-state index in [0.717, 1.165) is 35.7 Å². The van der Waals surface area contributed by atoms with Crippen LogP contribution >= 0.6 is 0 Å². The maximum atomic E-state index is 12.3. The lowest BCUT2D eigenvalue weighted by molar-refractivity contribution is -0.133. The monoisotopic (exact) mass is 298 g/mol. The molecule has 116 valence electrons. The Balaban J connectivity index is 1.92. The SMILES string of the molecule is CN(C)C(=O)C1CCCN1Cc1c(O)ccc2ccccc12. The van der Waals surface area contributed by atoms with Crippen molar-refractivity contribution in [1.29, 1.82) is 0 Å². The highest BCUT2D eigenvalue weighted by Crippen LogP contribution is 2.31. The molecule has 1 N–H and O–H groups in total. The predicted molar refractivity (Wildman–Crippen MR) is 87.7 cm³/mol. The van der Waals surface area contributed by atoms with Crippen LogP contribution in [0.4, 0.5) is 0 Å². The third-order valence-corrected chi connectivity index (χ3v) is 4.47. The number of benzene rings is 2. The summed E-state index contributed by atoms with van der Waals surface area (Å²) in [7, 11) is 3.60. The standard InChI is InChI=1S/C18H22N2O2/c1-19(2)18(22)16-8-5-11-20(16)12-15-14-7-4-3-6-13(14)9-10-17(15)21/h3-4,6-7,9-10,16,21H,5,8,11-12H2,1-2H3. The van der Waals surface area contributed by atoms with Gasteiger partial charge in [0.1, 0.15) is 5.75 Å². The minimum Gasteiger partial charge on any atom is -0.508 e. The Morgan fingerprint density at radius 1 is 1.27 bits per heavy atom. The molecule has 0 saturated carbocycles. The van der Waals surface area contributed by atoms with Crippen molar-refractivity contribution < 1.29 is 9.90 Å². The quantitative estimate of drug-likeness (QED) is 0.947. The molecule has 1 unspecified atom stereocenters. The number of hydrogen-bond donors (Lipinski definition) is 1. The molecular weight excluding hydrogens is 276 g/mol. The Morgan fingerprint density at radius 2 is 2.05 bits per heavy atom. The van der Waals surface area contributed by atoms with Crippen molar-refractivity contribution in [1.82, 2.24) is 9.80 Å². The number of carbonyl (C=O) groups is 1. The predicted octanol–water partition coefficient (Wildman–Crippen LogP) is 2.60. The minimum atomic E-state index is -0.0756. The van der Waals surface area contributed by atoms with Crippen molar-refractivity contribution in [2.45, 2.75) is 25.4 Å². The fraction of sp³-hybridized carbons (Fsp3) is 0.389. The molecule has 1 saturated heterocycles. The molecule has 1 amide bonds. The van der Waals surface area contributed by atoms with Crippen LogP contribution < -0.4 is 0 Å². The van der Waals surface area contributed by atoms with Crippen LogP contribution in [-0.4, -0.2) is 47.5 Å². The average Bonchev–Trinajstić information content (AvgIpc) is 2.97. The van der Waals surface area contributed by atoms with Gasteiger partial charge in [0.15, 0.2) is 0 Å². The summed E-state index contributed by atoms with van der Waals surface area (Å²) in [5.74, 6) is 0.457. The smallest absolute Gasteiger partial charge is 0.239 e. The van der Waals surface area contributed by atoms with Crippen molar-refractivity contribution >= 4 is 16.7 Å². The average molecular weight is 298 g/mol. The van der Waals surface area contributed by atoms with E-state index >= 15 is 0 Å². The number of carbonyl (C=O) groups excluding carboxylic acids is 1. The molecule has 2 aromatic rings. The van der Waals surface area contributed by atoms with Gasteiger partial charge in [-0.3, -0.25) is 9.69 Å². The zero-order valence-corrected chi connectivity index (χ0v) is 13.1. The minimum absolute atomic E-state index is 0.0756. The number of likely N-dealkylation sites (N-methyl/N-ethyl adjacent to an activating group) is 1. The lowest BCUT2D eigenvalue weighted by Crippen LogP contribution is -2.42. The molecule has 0 bridgehead atoms. The molecule has 2 aromatic carbocycles. The normalized spacial score (nSPS) is 18.7. The Labute approximate surface area is 131 Å². The maximum absolute atomic E-state index is 12.3. The van der Waals surface area contributed by atoms with Gasteiger partial charge in [0.25, 0.3) is 0 Å². The van der Waals surface area contributed by atoms with E-state index in [4.69, 9.17) is 0 Å². The first-order chi connectivity index (χ1) is 10.6. The third kappa shape index (κ3) is 2.66. The summed E-state index contributed by atoms with van der Waals surface area (Å²) in [6.45, 7) is 1.50. The Bertz CT molecular complexity index is 697. The van der Waals surface area contributed by atoms with Gasteiger partial charge in [0, 0.05) is 26.2 Å². The second-order valence-electron chi connectivity index (χ2n) is 6.15. The molecule has 0 aromatic heterocycles. The number of fused-ring (bicyclic) bond motifs is 1. The second kappa shape index (κ2) is 5.97. The Kier molecular flexibility index (Phi) is 4.03. The van der Waals surface area contributed by atoms with Crippen LogP contribution in [0.25, 0.3) is 10.8 Å². The number of amides is 1. The van der Waals surface area contributed by atoms with Gasteiger partial charge in [-0.1, -0.05) is 30.3 Å². The molecule has 0 spiro atoms. The van der Waals surface area contributed by atoms with Crippen molar-refractivity contribution in [3.8, 4) is 5.75 Å². The van der Waals surface area contributed by atoms with E-state index in [9.17, 15) is 9.90 Å². The van der Waals surface area contributed by atoms with Crippen LogP contribution in [-0.2, 0) is 11.3 Å². The Morgan fingerprint density at radius 3 is 2.82 bits per heavy atom. The van der Waals surface area contributed by atoms with Gasteiger partial charge >= 0.3 is 0 Å². The number of hydrogen-bond acceptors (Lipinski definition) is 3. The summed E-state index contributed by atoms with van der Waals surface area (Å²) in [6.07, 6.45) is 1.91. The van der Waals surface area contributed by atoms with Crippen molar-refractivity contribution in [2.75, 3.05) is 20.6 Å². The van der Waals surface area contributed by atoms with Crippen LogP contribution in [0.15, 0.2) is 36.4 Å². The highest BCUT2D eigenvalue weighted by atomic mass is 16.3. The third-order valence-electron chi connectivity index (χ3n) is 4.47. The van der Waals surface area contributed by atoms with E-state index < -0.39 is 0 Å². The van der Waals surface area contributed by atoms with Crippen molar-refractivity contribution in [3.63, 3.8) is 0 Å². The molecule has 1 aliphatic heterocycles. The van der Waals surface area contributed by atoms with Gasteiger partial charge in [-0.15, -0.1) is 0 Å². The zero-order valence-electron chi connectivity index (χ0n) is 13.1. The molecular formula is C18H22N2O2. The van der Waals surface area contributed by atoms with Gasteiger partial charge in [-0.05, 0) is 36.2 Å². The molecule has 1 aliphatic rings. The lowest BCUT2D eigenvalue weighted by Gasteiger charge is -2.26. The molecule has 1 atom stereocenters. The van der Waals surface area contributed by atoms with E-state index in [1.54, 1.807) is 25.1 Å². The van der Waals surface area contributed by atoms with Crippen LogP contribution in [0.5, 0.6) is 5.75 Å². The molecule has 22 heavy (non-hydrogen) atoms. The number of aromatic hydroxyl groups is 1. The number of phenolic OH excluding ortho intramolecular Hbond substituents is 1.